The van der Waals surface area contributed by atoms with Crippen molar-refractivity contribution in [3.8, 4) is 11.1 Å². The van der Waals surface area contributed by atoms with Gasteiger partial charge in [-0.05, 0) is 85.6 Å². The van der Waals surface area contributed by atoms with Gasteiger partial charge in [0.2, 0.25) is 15.9 Å². The topological polar surface area (TPSA) is 136 Å². The number of piperazine rings is 1. The van der Waals surface area contributed by atoms with Gasteiger partial charge in [-0.15, -0.1) is 11.3 Å². The third-order valence-corrected chi connectivity index (χ3v) is 14.9. The summed E-state index contributed by atoms with van der Waals surface area (Å²) in [7, 11) is -8.28. The Bertz CT molecular complexity index is 2060. The maximum absolute atomic E-state index is 14.1. The molecule has 2 N–H and O–H groups in total. The number of benzene rings is 3. The largest absolute Gasteiger partial charge is 0.353 e. The number of nitrogens with zero attached hydrogens (tertiary/aromatic N) is 3. The first-order chi connectivity index (χ1) is 24.5. The van der Waals surface area contributed by atoms with Crippen LogP contribution in [0.4, 0.5) is 0 Å². The lowest BCUT2D eigenvalue weighted by molar-refractivity contribution is -0.126. The minimum Gasteiger partial charge on any atom is -0.353 e. The summed E-state index contributed by atoms with van der Waals surface area (Å²) in [5, 5.41) is 6.24. The molecule has 4 aromatic rings. The van der Waals surface area contributed by atoms with Gasteiger partial charge in [0.25, 0.3) is 15.9 Å². The zero-order chi connectivity index (χ0) is 36.2. The molecule has 0 bridgehead atoms. The summed E-state index contributed by atoms with van der Waals surface area (Å²) in [5.41, 5.74) is 2.20. The number of rotatable bonds is 12. The quantitative estimate of drug-likeness (QED) is 0.214. The molecular weight excluding hydrogens is 730 g/mol. The van der Waals surface area contributed by atoms with Crippen LogP contribution in [0.5, 0.6) is 0 Å². The highest BCUT2D eigenvalue weighted by Gasteiger charge is 2.44. The average molecular weight is 770 g/mol. The molecule has 0 spiro atoms. The van der Waals surface area contributed by atoms with Crippen LogP contribution in [0, 0.1) is 0 Å². The molecule has 1 aromatic heterocycles. The van der Waals surface area contributed by atoms with Crippen molar-refractivity contribution in [3.05, 3.63) is 106 Å². The number of amides is 2. The summed E-state index contributed by atoms with van der Waals surface area (Å²) in [6, 6.07) is 24.4. The van der Waals surface area contributed by atoms with E-state index < -0.39 is 32.0 Å². The second-order valence-corrected chi connectivity index (χ2v) is 18.1. The fourth-order valence-corrected chi connectivity index (χ4v) is 11.1. The SMILES string of the molecule is CCN1CCCC1CNC(=O)C1CN(S(=O)(=O)c2ccc(CNC(=O)c3ccc(Cl)cc3)s2)CCN1S(=O)(=O)c1ccc(-c2ccccc2)cc1. The maximum atomic E-state index is 14.1. The molecule has 3 aromatic carbocycles. The first-order valence-electron chi connectivity index (χ1n) is 16.8. The normalized spacial score (nSPS) is 19.2. The molecule has 15 heteroatoms. The lowest BCUT2D eigenvalue weighted by Gasteiger charge is -2.39. The van der Waals surface area contributed by atoms with Crippen LogP contribution in [0.3, 0.4) is 0 Å². The first-order valence-corrected chi connectivity index (χ1v) is 20.9. The zero-order valence-electron chi connectivity index (χ0n) is 28.1. The molecule has 270 valence electrons. The van der Waals surface area contributed by atoms with Crippen molar-refractivity contribution in [1.82, 2.24) is 24.1 Å². The van der Waals surface area contributed by atoms with Crippen LogP contribution in [0.1, 0.15) is 35.0 Å². The highest BCUT2D eigenvalue weighted by Crippen LogP contribution is 2.30. The van der Waals surface area contributed by atoms with Crippen molar-refractivity contribution in [1.29, 1.82) is 0 Å². The average Bonchev–Trinajstić information content (AvgIpc) is 3.83. The molecule has 0 radical (unpaired) electrons. The van der Waals surface area contributed by atoms with Gasteiger partial charge in [-0.1, -0.05) is 61.0 Å². The van der Waals surface area contributed by atoms with Crippen LogP contribution in [-0.2, 0) is 31.4 Å². The smallest absolute Gasteiger partial charge is 0.252 e. The molecule has 2 atom stereocenters. The van der Waals surface area contributed by atoms with Crippen LogP contribution in [-0.4, -0.2) is 93.5 Å². The van der Waals surface area contributed by atoms with Crippen molar-refractivity contribution < 1.29 is 26.4 Å². The van der Waals surface area contributed by atoms with E-state index in [-0.39, 0.29) is 47.2 Å². The van der Waals surface area contributed by atoms with Gasteiger partial charge in [-0.25, -0.2) is 16.8 Å². The molecule has 2 saturated heterocycles. The Morgan fingerprint density at radius 1 is 0.824 bits per heavy atom. The van der Waals surface area contributed by atoms with Crippen molar-refractivity contribution >= 4 is 54.8 Å². The molecule has 0 aliphatic carbocycles. The number of sulfonamides is 2. The monoisotopic (exact) mass is 769 g/mol. The Morgan fingerprint density at radius 3 is 2.24 bits per heavy atom. The standard InChI is InChI=1S/C36H40ClN5O6S3/c1-2-40-20-6-9-30(40)23-38-36(44)33-25-41(21-22-42(33)50(45,46)32-17-12-27(13-18-32)26-7-4-3-5-8-26)51(47,48)34-19-16-31(49-34)24-39-35(43)28-10-14-29(37)15-11-28/h3-5,7-8,10-19,30,33H,2,6,9,20-25H2,1H3,(H,38,44)(H,39,43). The molecule has 2 unspecified atom stereocenters. The van der Waals surface area contributed by atoms with Gasteiger partial charge >= 0.3 is 0 Å². The Hall–Kier alpha value is -3.63. The highest BCUT2D eigenvalue weighted by molar-refractivity contribution is 7.91. The van der Waals surface area contributed by atoms with Gasteiger partial charge in [0, 0.05) is 47.7 Å². The van der Waals surface area contributed by atoms with Crippen molar-refractivity contribution in [2.45, 2.75) is 47.5 Å². The summed E-state index contributed by atoms with van der Waals surface area (Å²) in [4.78, 5) is 29.4. The molecule has 51 heavy (non-hydrogen) atoms. The number of likely N-dealkylation sites (tertiary alicyclic amines) is 1. The number of halogens is 1. The van der Waals surface area contributed by atoms with Crippen molar-refractivity contribution in [3.63, 3.8) is 0 Å². The number of hydrogen-bond acceptors (Lipinski definition) is 8. The number of hydrogen-bond donors (Lipinski definition) is 2. The fraction of sp³-hybridized carbons (Fsp3) is 0.333. The number of likely N-dealkylation sites (N-methyl/N-ethyl adjacent to an activating group) is 1. The van der Waals surface area contributed by atoms with Crippen LogP contribution in [0.2, 0.25) is 5.02 Å². The second-order valence-electron chi connectivity index (χ2n) is 12.5. The summed E-state index contributed by atoms with van der Waals surface area (Å²) < 4.78 is 58.5. The van der Waals surface area contributed by atoms with Crippen LogP contribution in [0.25, 0.3) is 11.1 Å². The first kappa shape index (κ1) is 37.1. The van der Waals surface area contributed by atoms with E-state index in [1.165, 1.54) is 22.5 Å². The summed E-state index contributed by atoms with van der Waals surface area (Å²) >= 11 is 6.93. The molecule has 2 aliphatic heterocycles. The van der Waals surface area contributed by atoms with Crippen LogP contribution < -0.4 is 10.6 Å². The Labute approximate surface area is 308 Å². The fourth-order valence-electron chi connectivity index (χ4n) is 6.51. The van der Waals surface area contributed by atoms with E-state index in [0.717, 1.165) is 52.7 Å². The molecule has 2 fully saturated rings. The molecule has 11 nitrogen and oxygen atoms in total. The maximum Gasteiger partial charge on any atom is 0.252 e. The van der Waals surface area contributed by atoms with Crippen molar-refractivity contribution in [2.24, 2.45) is 0 Å². The van der Waals surface area contributed by atoms with E-state index in [0.29, 0.717) is 22.0 Å². The van der Waals surface area contributed by atoms with Gasteiger partial charge in [0.1, 0.15) is 10.3 Å². The van der Waals surface area contributed by atoms with Gasteiger partial charge in [-0.3, -0.25) is 14.5 Å². The molecule has 6 rings (SSSR count). The molecule has 2 amide bonds. The number of nitrogens with one attached hydrogen (secondary N) is 2. The van der Waals surface area contributed by atoms with Gasteiger partial charge < -0.3 is 10.6 Å². The van der Waals surface area contributed by atoms with E-state index in [1.54, 1.807) is 42.5 Å². The predicted molar refractivity (Wildman–Crippen MR) is 199 cm³/mol. The lowest BCUT2D eigenvalue weighted by Crippen LogP contribution is -2.61. The summed E-state index contributed by atoms with van der Waals surface area (Å²) in [6.07, 6.45) is 1.92. The summed E-state index contributed by atoms with van der Waals surface area (Å²) in [5.74, 6) is -0.871. The highest BCUT2D eigenvalue weighted by atomic mass is 35.5. The zero-order valence-corrected chi connectivity index (χ0v) is 31.3. The van der Waals surface area contributed by atoms with E-state index in [1.807, 2.05) is 30.3 Å². The third kappa shape index (κ3) is 8.38. The van der Waals surface area contributed by atoms with E-state index in [2.05, 4.69) is 22.5 Å². The molecule has 3 heterocycles. The number of carbonyl (C=O) groups excluding carboxylic acids is 2. The minimum absolute atomic E-state index is 0.0211. The summed E-state index contributed by atoms with van der Waals surface area (Å²) in [6.45, 7) is 3.58. The molecular formula is C36H40ClN5O6S3. The Balaban J connectivity index is 1.20. The number of carbonyl (C=O) groups is 2. The Morgan fingerprint density at radius 2 is 1.53 bits per heavy atom. The second kappa shape index (κ2) is 15.9. The van der Waals surface area contributed by atoms with E-state index in [9.17, 15) is 26.4 Å². The third-order valence-electron chi connectivity index (χ3n) is 9.34. The molecule has 2 aliphatic rings. The van der Waals surface area contributed by atoms with Gasteiger partial charge in [0.15, 0.2) is 0 Å². The predicted octanol–water partition coefficient (Wildman–Crippen LogP) is 4.66. The van der Waals surface area contributed by atoms with Crippen LogP contribution >= 0.6 is 22.9 Å². The van der Waals surface area contributed by atoms with Gasteiger partial charge in [-0.2, -0.15) is 8.61 Å². The number of thiophene rings is 1. The molecule has 0 saturated carbocycles. The lowest BCUT2D eigenvalue weighted by atomic mass is 10.1. The Kier molecular flexibility index (Phi) is 11.6. The minimum atomic E-state index is -4.18. The van der Waals surface area contributed by atoms with Gasteiger partial charge in [0.05, 0.1) is 11.4 Å². The van der Waals surface area contributed by atoms with E-state index in [4.69, 9.17) is 11.6 Å². The van der Waals surface area contributed by atoms with Crippen LogP contribution in [0.15, 0.2) is 100 Å². The van der Waals surface area contributed by atoms with E-state index >= 15 is 0 Å². The van der Waals surface area contributed by atoms with Crippen molar-refractivity contribution in [2.75, 3.05) is 39.3 Å².